The molecule has 21 heavy (non-hydrogen) atoms. The Morgan fingerprint density at radius 1 is 1.00 bits per heavy atom. The summed E-state index contributed by atoms with van der Waals surface area (Å²) in [4.78, 5) is 12.2. The van der Waals surface area contributed by atoms with Crippen LogP contribution in [0.2, 0.25) is 0 Å². The molecule has 0 saturated heterocycles. The lowest BCUT2D eigenvalue weighted by Gasteiger charge is -2.06. The molecule has 0 saturated carbocycles. The number of carbonyl (C=O) groups is 1. The van der Waals surface area contributed by atoms with Crippen molar-refractivity contribution in [2.45, 2.75) is 4.90 Å². The average Bonchev–Trinajstić information content (AvgIpc) is 2.34. The van der Waals surface area contributed by atoms with Gasteiger partial charge in [0.05, 0.1) is 5.75 Å². The van der Waals surface area contributed by atoms with E-state index in [-0.39, 0.29) is 17.1 Å². The highest BCUT2D eigenvalue weighted by atomic mass is 32.2. The van der Waals surface area contributed by atoms with Gasteiger partial charge in [-0.15, -0.1) is 11.8 Å². The first-order valence-corrected chi connectivity index (χ1v) is 6.86. The SMILES string of the molecule is Nc1cc(F)cc(SCC(=O)Nc2cc(F)cc(F)c2)c1. The van der Waals surface area contributed by atoms with Crippen LogP contribution in [0.1, 0.15) is 0 Å². The molecule has 110 valence electrons. The normalized spacial score (nSPS) is 10.4. The summed E-state index contributed by atoms with van der Waals surface area (Å²) in [6.07, 6.45) is 0. The molecule has 0 aliphatic rings. The van der Waals surface area contributed by atoms with E-state index in [1.165, 1.54) is 18.2 Å². The van der Waals surface area contributed by atoms with Gasteiger partial charge < -0.3 is 11.1 Å². The number of nitrogens with two attached hydrogens (primary N) is 1. The smallest absolute Gasteiger partial charge is 0.234 e. The zero-order chi connectivity index (χ0) is 15.4. The van der Waals surface area contributed by atoms with Crippen LogP contribution in [-0.2, 0) is 4.79 Å². The fourth-order valence-electron chi connectivity index (χ4n) is 1.64. The van der Waals surface area contributed by atoms with Gasteiger partial charge in [-0.1, -0.05) is 0 Å². The standard InChI is InChI=1S/C14H11F3N2OS/c15-8-1-9(16)4-12(3-8)19-14(20)7-21-13-5-10(17)2-11(18)6-13/h1-6H,7,18H2,(H,19,20). The maximum atomic E-state index is 13.1. The zero-order valence-corrected chi connectivity index (χ0v) is 11.5. The van der Waals surface area contributed by atoms with E-state index in [1.54, 1.807) is 0 Å². The van der Waals surface area contributed by atoms with E-state index in [1.807, 2.05) is 0 Å². The molecule has 3 nitrogen and oxygen atoms in total. The Balaban J connectivity index is 1.95. The van der Waals surface area contributed by atoms with Gasteiger partial charge in [-0.3, -0.25) is 4.79 Å². The first kappa shape index (κ1) is 15.2. The van der Waals surface area contributed by atoms with E-state index in [4.69, 9.17) is 5.73 Å². The molecular weight excluding hydrogens is 301 g/mol. The topological polar surface area (TPSA) is 55.1 Å². The average molecular weight is 312 g/mol. The van der Waals surface area contributed by atoms with Crippen molar-refractivity contribution in [3.63, 3.8) is 0 Å². The molecular formula is C14H11F3N2OS. The Kier molecular flexibility index (Phi) is 4.74. The van der Waals surface area contributed by atoms with Crippen LogP contribution >= 0.6 is 11.8 Å². The molecule has 0 fully saturated rings. The summed E-state index contributed by atoms with van der Waals surface area (Å²) in [7, 11) is 0. The van der Waals surface area contributed by atoms with E-state index in [2.05, 4.69) is 5.32 Å². The van der Waals surface area contributed by atoms with Gasteiger partial charge in [0, 0.05) is 22.3 Å². The third-order valence-corrected chi connectivity index (χ3v) is 3.39. The lowest BCUT2D eigenvalue weighted by molar-refractivity contribution is -0.113. The highest BCUT2D eigenvalue weighted by molar-refractivity contribution is 8.00. The second-order valence-corrected chi connectivity index (χ2v) is 5.26. The summed E-state index contributed by atoms with van der Waals surface area (Å²) in [5.74, 6) is -2.56. The Hall–Kier alpha value is -2.15. The largest absolute Gasteiger partial charge is 0.399 e. The van der Waals surface area contributed by atoms with Crippen LogP contribution in [-0.4, -0.2) is 11.7 Å². The van der Waals surface area contributed by atoms with E-state index in [0.29, 0.717) is 11.0 Å². The fourth-order valence-corrected chi connectivity index (χ4v) is 2.42. The Labute approximate surface area is 123 Å². The lowest BCUT2D eigenvalue weighted by atomic mass is 10.3. The Morgan fingerprint density at radius 2 is 1.62 bits per heavy atom. The Morgan fingerprint density at radius 3 is 2.24 bits per heavy atom. The first-order chi connectivity index (χ1) is 9.92. The van der Waals surface area contributed by atoms with Crippen molar-refractivity contribution < 1.29 is 18.0 Å². The molecule has 0 aliphatic carbocycles. The molecule has 0 unspecified atom stereocenters. The molecule has 2 aromatic rings. The first-order valence-electron chi connectivity index (χ1n) is 5.87. The number of hydrogen-bond donors (Lipinski definition) is 2. The second-order valence-electron chi connectivity index (χ2n) is 4.22. The van der Waals surface area contributed by atoms with Crippen LogP contribution in [0, 0.1) is 17.5 Å². The monoisotopic (exact) mass is 312 g/mol. The van der Waals surface area contributed by atoms with Crippen molar-refractivity contribution >= 4 is 29.0 Å². The number of nitrogen functional groups attached to an aromatic ring is 1. The number of halogens is 3. The minimum Gasteiger partial charge on any atom is -0.399 e. The van der Waals surface area contributed by atoms with Crippen LogP contribution in [0.3, 0.4) is 0 Å². The number of carbonyl (C=O) groups excluding carboxylic acids is 1. The molecule has 7 heteroatoms. The van der Waals surface area contributed by atoms with Gasteiger partial charge >= 0.3 is 0 Å². The summed E-state index contributed by atoms with van der Waals surface area (Å²) in [5.41, 5.74) is 5.77. The molecule has 0 atom stereocenters. The van der Waals surface area contributed by atoms with Crippen molar-refractivity contribution in [1.29, 1.82) is 0 Å². The van der Waals surface area contributed by atoms with Crippen molar-refractivity contribution in [2.24, 2.45) is 0 Å². The third-order valence-electron chi connectivity index (χ3n) is 2.41. The highest BCUT2D eigenvalue weighted by Crippen LogP contribution is 2.22. The zero-order valence-electron chi connectivity index (χ0n) is 10.7. The van der Waals surface area contributed by atoms with Crippen LogP contribution < -0.4 is 11.1 Å². The lowest BCUT2D eigenvalue weighted by Crippen LogP contribution is -2.14. The maximum Gasteiger partial charge on any atom is 0.234 e. The summed E-state index contributed by atoms with van der Waals surface area (Å²) < 4.78 is 39.0. The quantitative estimate of drug-likeness (QED) is 0.672. The van der Waals surface area contributed by atoms with Gasteiger partial charge in [0.1, 0.15) is 17.5 Å². The number of amides is 1. The minimum atomic E-state index is -0.782. The summed E-state index contributed by atoms with van der Waals surface area (Å²) in [5, 5.41) is 2.36. The third kappa shape index (κ3) is 4.71. The molecule has 0 radical (unpaired) electrons. The number of anilines is 2. The molecule has 0 spiro atoms. The van der Waals surface area contributed by atoms with Crippen LogP contribution in [0.5, 0.6) is 0 Å². The molecule has 0 aliphatic heterocycles. The number of rotatable bonds is 4. The van der Waals surface area contributed by atoms with Gasteiger partial charge in [-0.2, -0.15) is 0 Å². The summed E-state index contributed by atoms with van der Waals surface area (Å²) >= 11 is 1.06. The molecule has 3 N–H and O–H groups in total. The van der Waals surface area contributed by atoms with E-state index < -0.39 is 23.4 Å². The summed E-state index contributed by atoms with van der Waals surface area (Å²) in [6, 6.07) is 6.66. The van der Waals surface area contributed by atoms with Gasteiger partial charge in [-0.05, 0) is 30.3 Å². The van der Waals surface area contributed by atoms with Crippen LogP contribution in [0.15, 0.2) is 41.3 Å². The fraction of sp³-hybridized carbons (Fsp3) is 0.0714. The van der Waals surface area contributed by atoms with Gasteiger partial charge in [0.15, 0.2) is 0 Å². The van der Waals surface area contributed by atoms with Crippen LogP contribution in [0.4, 0.5) is 24.5 Å². The summed E-state index contributed by atoms with van der Waals surface area (Å²) in [6.45, 7) is 0. The molecule has 2 rings (SSSR count). The minimum absolute atomic E-state index is 0.0249. The van der Waals surface area contributed by atoms with E-state index in [0.717, 1.165) is 23.9 Å². The number of benzene rings is 2. The van der Waals surface area contributed by atoms with Crippen LogP contribution in [0.25, 0.3) is 0 Å². The molecule has 0 aromatic heterocycles. The maximum absolute atomic E-state index is 13.1. The number of nitrogens with one attached hydrogen (secondary N) is 1. The second kappa shape index (κ2) is 6.53. The van der Waals surface area contributed by atoms with E-state index in [9.17, 15) is 18.0 Å². The number of thioether (sulfide) groups is 1. The molecule has 0 bridgehead atoms. The van der Waals surface area contributed by atoms with Gasteiger partial charge in [0.2, 0.25) is 5.91 Å². The van der Waals surface area contributed by atoms with Crippen molar-refractivity contribution in [3.8, 4) is 0 Å². The van der Waals surface area contributed by atoms with E-state index >= 15 is 0 Å². The molecule has 2 aromatic carbocycles. The van der Waals surface area contributed by atoms with Crippen molar-refractivity contribution in [3.05, 3.63) is 53.8 Å². The Bertz CT molecular complexity index is 639. The number of hydrogen-bond acceptors (Lipinski definition) is 3. The predicted molar refractivity (Wildman–Crippen MR) is 76.5 cm³/mol. The molecule has 0 heterocycles. The highest BCUT2D eigenvalue weighted by Gasteiger charge is 2.07. The van der Waals surface area contributed by atoms with Crippen molar-refractivity contribution in [1.82, 2.24) is 0 Å². The van der Waals surface area contributed by atoms with Gasteiger partial charge in [-0.25, -0.2) is 13.2 Å². The predicted octanol–water partition coefficient (Wildman–Crippen LogP) is 3.42. The van der Waals surface area contributed by atoms with Crippen molar-refractivity contribution in [2.75, 3.05) is 16.8 Å². The van der Waals surface area contributed by atoms with Gasteiger partial charge in [0.25, 0.3) is 0 Å². The molecule has 1 amide bonds.